The van der Waals surface area contributed by atoms with Crippen molar-refractivity contribution in [3.8, 4) is 5.75 Å². The molecule has 0 radical (unpaired) electrons. The summed E-state index contributed by atoms with van der Waals surface area (Å²) in [4.78, 5) is 11.7. The highest BCUT2D eigenvalue weighted by Gasteiger charge is 2.08. The van der Waals surface area contributed by atoms with Crippen molar-refractivity contribution in [2.24, 2.45) is 0 Å². The topological polar surface area (TPSA) is 46.5 Å². The zero-order chi connectivity index (χ0) is 11.4. The lowest BCUT2D eigenvalue weighted by Gasteiger charge is -2.11. The van der Waals surface area contributed by atoms with Crippen molar-refractivity contribution in [3.05, 3.63) is 23.8 Å². The van der Waals surface area contributed by atoms with Gasteiger partial charge in [0.1, 0.15) is 5.75 Å². The van der Waals surface area contributed by atoms with Gasteiger partial charge in [-0.15, -0.1) is 11.8 Å². The number of carbonyl (C=O) groups is 1. The van der Waals surface area contributed by atoms with Gasteiger partial charge in [-0.3, -0.25) is 0 Å². The van der Waals surface area contributed by atoms with Gasteiger partial charge in [-0.2, -0.15) is 0 Å². The first kappa shape index (κ1) is 11.9. The number of aromatic carboxylic acids is 1. The summed E-state index contributed by atoms with van der Waals surface area (Å²) < 4.78 is 5.47. The summed E-state index contributed by atoms with van der Waals surface area (Å²) in [6, 6.07) is 5.03. The molecular formula is C11H14O3S. The molecule has 0 atom stereocenters. The number of hydrogen-bond donors (Lipinski definition) is 1. The Labute approximate surface area is 93.4 Å². The van der Waals surface area contributed by atoms with Gasteiger partial charge in [0.15, 0.2) is 0 Å². The lowest BCUT2D eigenvalue weighted by atomic mass is 10.2. The van der Waals surface area contributed by atoms with Gasteiger partial charge in [0.05, 0.1) is 11.7 Å². The highest BCUT2D eigenvalue weighted by Crippen LogP contribution is 2.24. The van der Waals surface area contributed by atoms with Crippen LogP contribution in [0.1, 0.15) is 24.2 Å². The van der Waals surface area contributed by atoms with E-state index in [-0.39, 0.29) is 11.7 Å². The molecule has 0 heterocycles. The Morgan fingerprint density at radius 1 is 1.40 bits per heavy atom. The van der Waals surface area contributed by atoms with E-state index in [0.29, 0.717) is 5.75 Å². The third-order valence-corrected chi connectivity index (χ3v) is 2.44. The molecule has 0 fully saturated rings. The van der Waals surface area contributed by atoms with E-state index in [9.17, 15) is 4.79 Å². The molecule has 1 N–H and O–H groups in total. The van der Waals surface area contributed by atoms with Gasteiger partial charge < -0.3 is 9.84 Å². The molecule has 0 aliphatic carbocycles. The summed E-state index contributed by atoms with van der Waals surface area (Å²) in [6.07, 6.45) is 1.95. The summed E-state index contributed by atoms with van der Waals surface area (Å²) in [5, 5.41) is 8.90. The molecule has 0 saturated carbocycles. The number of hydrogen-bond acceptors (Lipinski definition) is 3. The first-order valence-electron chi connectivity index (χ1n) is 4.62. The van der Waals surface area contributed by atoms with Crippen molar-refractivity contribution >= 4 is 17.7 Å². The number of rotatable bonds is 4. The predicted molar refractivity (Wildman–Crippen MR) is 60.9 cm³/mol. The Kier molecular flexibility index (Phi) is 4.03. The van der Waals surface area contributed by atoms with Crippen LogP contribution in [-0.4, -0.2) is 23.4 Å². The van der Waals surface area contributed by atoms with Gasteiger partial charge >= 0.3 is 5.97 Å². The summed E-state index contributed by atoms with van der Waals surface area (Å²) in [6.45, 7) is 3.82. The molecule has 0 saturated heterocycles. The second kappa shape index (κ2) is 5.07. The van der Waals surface area contributed by atoms with E-state index < -0.39 is 5.97 Å². The van der Waals surface area contributed by atoms with Crippen LogP contribution in [0.4, 0.5) is 0 Å². The van der Waals surface area contributed by atoms with Crippen LogP contribution in [0.25, 0.3) is 0 Å². The van der Waals surface area contributed by atoms with E-state index in [0.717, 1.165) is 4.90 Å². The van der Waals surface area contributed by atoms with E-state index in [1.165, 1.54) is 11.8 Å². The molecule has 0 spiro atoms. The molecule has 1 rings (SSSR count). The van der Waals surface area contributed by atoms with Crippen LogP contribution in [0.5, 0.6) is 5.75 Å². The molecule has 3 nitrogen and oxygen atoms in total. The molecule has 0 aromatic heterocycles. The van der Waals surface area contributed by atoms with Crippen LogP contribution in [0.15, 0.2) is 23.1 Å². The van der Waals surface area contributed by atoms with Crippen molar-refractivity contribution in [1.29, 1.82) is 0 Å². The number of carboxylic acid groups (broad SMARTS) is 1. The highest BCUT2D eigenvalue weighted by molar-refractivity contribution is 7.98. The maximum Gasteiger partial charge on any atom is 0.335 e. The maximum atomic E-state index is 10.8. The van der Waals surface area contributed by atoms with Crippen molar-refractivity contribution in [2.45, 2.75) is 24.8 Å². The average Bonchev–Trinajstić information content (AvgIpc) is 2.16. The monoisotopic (exact) mass is 226 g/mol. The summed E-state index contributed by atoms with van der Waals surface area (Å²) in [5.41, 5.74) is 0.262. The summed E-state index contributed by atoms with van der Waals surface area (Å²) in [7, 11) is 0. The zero-order valence-electron chi connectivity index (χ0n) is 8.98. The van der Waals surface area contributed by atoms with Crippen LogP contribution < -0.4 is 4.74 Å². The quantitative estimate of drug-likeness (QED) is 0.802. The molecule has 0 aliphatic heterocycles. The van der Waals surface area contributed by atoms with Crippen LogP contribution in [-0.2, 0) is 0 Å². The van der Waals surface area contributed by atoms with Gasteiger partial charge in [0.25, 0.3) is 0 Å². The molecule has 4 heteroatoms. The molecule has 82 valence electrons. The first-order valence-corrected chi connectivity index (χ1v) is 5.84. The Balaban J connectivity index is 3.05. The lowest BCUT2D eigenvalue weighted by molar-refractivity contribution is 0.0695. The Bertz CT molecular complexity index is 361. The van der Waals surface area contributed by atoms with Gasteiger partial charge in [0, 0.05) is 4.90 Å². The van der Waals surface area contributed by atoms with Crippen molar-refractivity contribution in [1.82, 2.24) is 0 Å². The molecule has 1 aromatic rings. The van der Waals surface area contributed by atoms with Gasteiger partial charge in [-0.25, -0.2) is 4.79 Å². The minimum atomic E-state index is -0.931. The van der Waals surface area contributed by atoms with E-state index in [1.807, 2.05) is 26.2 Å². The van der Waals surface area contributed by atoms with Crippen LogP contribution in [0, 0.1) is 0 Å². The van der Waals surface area contributed by atoms with Crippen LogP contribution in [0.3, 0.4) is 0 Å². The number of carboxylic acids is 1. The average molecular weight is 226 g/mol. The second-order valence-corrected chi connectivity index (χ2v) is 4.25. The Morgan fingerprint density at radius 3 is 2.53 bits per heavy atom. The molecule has 1 aromatic carbocycles. The van der Waals surface area contributed by atoms with Gasteiger partial charge in [0.2, 0.25) is 0 Å². The SMILES string of the molecule is CSc1cc(OC(C)C)cc(C(=O)O)c1. The number of ether oxygens (including phenoxy) is 1. The van der Waals surface area contributed by atoms with Crippen molar-refractivity contribution in [2.75, 3.05) is 6.26 Å². The maximum absolute atomic E-state index is 10.8. The molecule has 0 amide bonds. The largest absolute Gasteiger partial charge is 0.491 e. The van der Waals surface area contributed by atoms with E-state index in [1.54, 1.807) is 12.1 Å². The minimum Gasteiger partial charge on any atom is -0.491 e. The van der Waals surface area contributed by atoms with Gasteiger partial charge in [-0.05, 0) is 38.3 Å². The molecular weight excluding hydrogens is 212 g/mol. The minimum absolute atomic E-state index is 0.0451. The third-order valence-electron chi connectivity index (χ3n) is 1.73. The molecule has 0 bridgehead atoms. The summed E-state index contributed by atoms with van der Waals surface area (Å²) >= 11 is 1.50. The smallest absolute Gasteiger partial charge is 0.335 e. The molecule has 15 heavy (non-hydrogen) atoms. The fourth-order valence-electron chi connectivity index (χ4n) is 1.15. The lowest BCUT2D eigenvalue weighted by Crippen LogP contribution is -2.06. The summed E-state index contributed by atoms with van der Waals surface area (Å²) in [5.74, 6) is -0.325. The molecule has 0 unspecified atom stereocenters. The van der Waals surface area contributed by atoms with Crippen molar-refractivity contribution < 1.29 is 14.6 Å². The fourth-order valence-corrected chi connectivity index (χ4v) is 1.63. The Hall–Kier alpha value is -1.16. The van der Waals surface area contributed by atoms with Crippen LogP contribution in [0.2, 0.25) is 0 Å². The third kappa shape index (κ3) is 3.47. The fraction of sp³-hybridized carbons (Fsp3) is 0.364. The van der Waals surface area contributed by atoms with E-state index in [4.69, 9.17) is 9.84 Å². The highest BCUT2D eigenvalue weighted by atomic mass is 32.2. The first-order chi connectivity index (χ1) is 7.02. The van der Waals surface area contributed by atoms with E-state index in [2.05, 4.69) is 0 Å². The van der Waals surface area contributed by atoms with Gasteiger partial charge in [-0.1, -0.05) is 0 Å². The van der Waals surface area contributed by atoms with Crippen LogP contribution >= 0.6 is 11.8 Å². The number of benzene rings is 1. The normalized spacial score (nSPS) is 10.4. The number of thioether (sulfide) groups is 1. The standard InChI is InChI=1S/C11H14O3S/c1-7(2)14-9-4-8(11(12)13)5-10(6-9)15-3/h4-7H,1-3H3,(H,12,13). The zero-order valence-corrected chi connectivity index (χ0v) is 9.80. The Morgan fingerprint density at radius 2 is 2.07 bits per heavy atom. The molecule has 0 aliphatic rings. The van der Waals surface area contributed by atoms with Crippen molar-refractivity contribution in [3.63, 3.8) is 0 Å². The van der Waals surface area contributed by atoms with E-state index >= 15 is 0 Å². The second-order valence-electron chi connectivity index (χ2n) is 3.37. The predicted octanol–water partition coefficient (Wildman–Crippen LogP) is 2.89.